The van der Waals surface area contributed by atoms with Gasteiger partial charge in [0.1, 0.15) is 6.61 Å². The molecule has 0 amide bonds. The Morgan fingerprint density at radius 1 is 0.682 bits per heavy atom. The van der Waals surface area contributed by atoms with E-state index in [1.165, 1.54) is 115 Å². The molecule has 1 N–H and O–H groups in total. The molecule has 44 heavy (non-hydrogen) atoms. The summed E-state index contributed by atoms with van der Waals surface area (Å²) in [4.78, 5) is 12.7. The third-order valence-corrected chi connectivity index (χ3v) is 8.34. The van der Waals surface area contributed by atoms with Crippen molar-refractivity contribution in [1.82, 2.24) is 0 Å². The number of unbranched alkanes of at least 4 members (excludes halogenated alkanes) is 18. The summed E-state index contributed by atoms with van der Waals surface area (Å²) in [6.07, 6.45) is 28.5. The van der Waals surface area contributed by atoms with E-state index >= 15 is 0 Å². The van der Waals surface area contributed by atoms with E-state index in [1.807, 2.05) is 6.07 Å². The highest BCUT2D eigenvalue weighted by Gasteiger charge is 2.14. The average molecular weight is 618 g/mol. The molecule has 0 spiro atoms. The van der Waals surface area contributed by atoms with Gasteiger partial charge in [0.05, 0.1) is 13.0 Å². The van der Waals surface area contributed by atoms with Gasteiger partial charge in [-0.3, -0.25) is 4.79 Å². The van der Waals surface area contributed by atoms with Crippen molar-refractivity contribution in [3.63, 3.8) is 0 Å². The second-order valence-corrected chi connectivity index (χ2v) is 12.6. The zero-order chi connectivity index (χ0) is 31.9. The highest BCUT2D eigenvalue weighted by molar-refractivity contribution is 5.69. The molecule has 5 nitrogen and oxygen atoms in total. The lowest BCUT2D eigenvalue weighted by molar-refractivity contribution is -0.160. The van der Waals surface area contributed by atoms with Crippen molar-refractivity contribution < 1.29 is 24.1 Å². The molecule has 5 heteroatoms. The third kappa shape index (κ3) is 23.9. The minimum atomic E-state index is -0.354. The van der Waals surface area contributed by atoms with E-state index in [1.54, 1.807) is 0 Å². The number of aryl methyl sites for hydroxylation is 1. The van der Waals surface area contributed by atoms with Crippen LogP contribution in [0.4, 0.5) is 0 Å². The average Bonchev–Trinajstić information content (AvgIpc) is 3.04. The van der Waals surface area contributed by atoms with Crippen LogP contribution in [0.15, 0.2) is 18.2 Å². The molecule has 255 valence electrons. The molecule has 1 aromatic carbocycles. The van der Waals surface area contributed by atoms with Crippen molar-refractivity contribution >= 4 is 5.97 Å². The van der Waals surface area contributed by atoms with Crippen molar-refractivity contribution in [2.45, 2.75) is 188 Å². The Kier molecular flexibility index (Phi) is 27.9. The highest BCUT2D eigenvalue weighted by Crippen LogP contribution is 2.17. The Bertz CT molecular complexity index is 762. The van der Waals surface area contributed by atoms with Crippen LogP contribution in [0.1, 0.15) is 179 Å². The molecule has 0 atom stereocenters. The van der Waals surface area contributed by atoms with Gasteiger partial charge in [-0.1, -0.05) is 148 Å². The first kappa shape index (κ1) is 40.6. The summed E-state index contributed by atoms with van der Waals surface area (Å²) in [6, 6.07) is 6.16. The van der Waals surface area contributed by atoms with Crippen molar-refractivity contribution in [3.05, 3.63) is 41.3 Å². The zero-order valence-corrected chi connectivity index (χ0v) is 29.1. The molecule has 0 unspecified atom stereocenters. The fourth-order valence-electron chi connectivity index (χ4n) is 5.60. The van der Waals surface area contributed by atoms with Crippen LogP contribution >= 0.6 is 0 Å². The number of carbonyl (C=O) groups is 1. The van der Waals surface area contributed by atoms with E-state index in [2.05, 4.69) is 39.3 Å². The molecule has 0 saturated heterocycles. The van der Waals surface area contributed by atoms with Gasteiger partial charge in [-0.2, -0.15) is 0 Å². The zero-order valence-electron chi connectivity index (χ0n) is 29.1. The summed E-state index contributed by atoms with van der Waals surface area (Å²) in [5, 5.41) is 9.79. The number of rotatable bonds is 32. The van der Waals surface area contributed by atoms with Crippen LogP contribution in [0.2, 0.25) is 0 Å². The largest absolute Gasteiger partial charge is 0.461 e. The number of benzene rings is 1. The Balaban J connectivity index is 2.43. The molecular weight excluding hydrogens is 548 g/mol. The minimum Gasteiger partial charge on any atom is -0.461 e. The summed E-state index contributed by atoms with van der Waals surface area (Å²) in [5.41, 5.74) is 3.04. The van der Waals surface area contributed by atoms with E-state index in [9.17, 15) is 9.90 Å². The van der Waals surface area contributed by atoms with E-state index in [4.69, 9.17) is 14.2 Å². The SMILES string of the molecule is C[CH]CCCCCCCCCc1cc(CO)cc(COC(=O)CCC(OCCCCCCCC)OCCCCCCCC)c1. The van der Waals surface area contributed by atoms with Crippen molar-refractivity contribution in [2.24, 2.45) is 0 Å². The van der Waals surface area contributed by atoms with Crippen LogP contribution in [-0.2, 0) is 38.6 Å². The topological polar surface area (TPSA) is 65.0 Å². The third-order valence-electron chi connectivity index (χ3n) is 8.34. The highest BCUT2D eigenvalue weighted by atomic mass is 16.7. The summed E-state index contributed by atoms with van der Waals surface area (Å²) < 4.78 is 17.8. The van der Waals surface area contributed by atoms with E-state index < -0.39 is 0 Å². The fourth-order valence-corrected chi connectivity index (χ4v) is 5.60. The molecule has 0 aliphatic rings. The molecule has 1 aromatic rings. The van der Waals surface area contributed by atoms with E-state index in [-0.39, 0.29) is 31.9 Å². The van der Waals surface area contributed by atoms with E-state index in [0.717, 1.165) is 36.8 Å². The smallest absolute Gasteiger partial charge is 0.306 e. The van der Waals surface area contributed by atoms with Gasteiger partial charge in [0, 0.05) is 19.6 Å². The lowest BCUT2D eigenvalue weighted by Gasteiger charge is -2.19. The van der Waals surface area contributed by atoms with Crippen molar-refractivity contribution in [1.29, 1.82) is 0 Å². The first-order valence-electron chi connectivity index (χ1n) is 18.5. The number of aliphatic hydroxyl groups excluding tert-OH is 1. The Hall–Kier alpha value is -1.43. The summed E-state index contributed by atoms with van der Waals surface area (Å²) in [6.45, 7) is 8.20. The summed E-state index contributed by atoms with van der Waals surface area (Å²) in [5.74, 6) is -0.228. The summed E-state index contributed by atoms with van der Waals surface area (Å²) in [7, 11) is 0. The molecule has 1 radical (unpaired) electrons. The molecule has 0 aliphatic carbocycles. The van der Waals surface area contributed by atoms with Crippen LogP contribution in [0, 0.1) is 6.42 Å². The van der Waals surface area contributed by atoms with Gasteiger partial charge >= 0.3 is 5.97 Å². The second-order valence-electron chi connectivity index (χ2n) is 12.6. The molecule has 0 aromatic heterocycles. The number of aliphatic hydroxyl groups is 1. The van der Waals surface area contributed by atoms with Crippen LogP contribution in [0.5, 0.6) is 0 Å². The van der Waals surface area contributed by atoms with Gasteiger partial charge in [-0.25, -0.2) is 0 Å². The number of hydrogen-bond acceptors (Lipinski definition) is 5. The van der Waals surface area contributed by atoms with Gasteiger partial charge in [0.15, 0.2) is 6.29 Å². The van der Waals surface area contributed by atoms with Gasteiger partial charge in [-0.15, -0.1) is 0 Å². The molecule has 0 fully saturated rings. The summed E-state index contributed by atoms with van der Waals surface area (Å²) >= 11 is 0. The predicted molar refractivity (Wildman–Crippen MR) is 184 cm³/mol. The van der Waals surface area contributed by atoms with E-state index in [0.29, 0.717) is 19.6 Å². The van der Waals surface area contributed by atoms with Crippen LogP contribution in [-0.4, -0.2) is 30.6 Å². The number of ether oxygens (including phenoxy) is 3. The molecule has 1 rings (SSSR count). The van der Waals surface area contributed by atoms with Gasteiger partial charge < -0.3 is 19.3 Å². The lowest BCUT2D eigenvalue weighted by atomic mass is 10.0. The maximum absolute atomic E-state index is 12.7. The van der Waals surface area contributed by atoms with Crippen molar-refractivity contribution in [2.75, 3.05) is 13.2 Å². The number of esters is 1. The predicted octanol–water partition coefficient (Wildman–Crippen LogP) is 11.0. The van der Waals surface area contributed by atoms with Crippen LogP contribution in [0.25, 0.3) is 0 Å². The Morgan fingerprint density at radius 2 is 1.18 bits per heavy atom. The number of carbonyl (C=O) groups excluding carboxylic acids is 1. The van der Waals surface area contributed by atoms with Crippen LogP contribution < -0.4 is 0 Å². The van der Waals surface area contributed by atoms with Gasteiger partial charge in [0.25, 0.3) is 0 Å². The second kappa shape index (κ2) is 30.2. The molecular formula is C39H69O5. The first-order valence-corrected chi connectivity index (χ1v) is 18.5. The fraction of sp³-hybridized carbons (Fsp3) is 0.795. The molecule has 0 heterocycles. The monoisotopic (exact) mass is 618 g/mol. The number of hydrogen-bond donors (Lipinski definition) is 1. The molecule has 0 aliphatic heterocycles. The normalized spacial score (nSPS) is 11.5. The maximum Gasteiger partial charge on any atom is 0.306 e. The van der Waals surface area contributed by atoms with Gasteiger partial charge in [-0.05, 0) is 48.8 Å². The quantitative estimate of drug-likeness (QED) is 0.0495. The minimum absolute atomic E-state index is 0.00244. The maximum atomic E-state index is 12.7. The Labute approximate surface area is 272 Å². The van der Waals surface area contributed by atoms with Crippen LogP contribution in [0.3, 0.4) is 0 Å². The Morgan fingerprint density at radius 3 is 1.75 bits per heavy atom. The lowest BCUT2D eigenvalue weighted by Crippen LogP contribution is -2.21. The molecule has 0 bridgehead atoms. The standard InChI is InChI=1S/C39H69O5/c1-4-7-10-13-16-17-18-19-22-25-35-30-36(33-40)32-37(31-35)34-44-38(41)26-27-39(42-28-23-20-14-11-8-5-2)43-29-24-21-15-12-9-6-3/h4,30-32,39-40H,5-29,33-34H2,1-3H3. The first-order chi connectivity index (χ1) is 21.6. The molecule has 0 saturated carbocycles. The van der Waals surface area contributed by atoms with Crippen molar-refractivity contribution in [3.8, 4) is 0 Å². The van der Waals surface area contributed by atoms with Gasteiger partial charge in [0.2, 0.25) is 0 Å².